The molecule has 3 aliphatic rings. The molecular weight excluding hydrogens is 350 g/mol. The molecule has 0 N–H and O–H groups in total. The first-order valence-corrected chi connectivity index (χ1v) is 9.89. The fourth-order valence-electron chi connectivity index (χ4n) is 5.05. The minimum atomic E-state index is -0.648. The van der Waals surface area contributed by atoms with Crippen molar-refractivity contribution in [1.82, 2.24) is 14.8 Å². The lowest BCUT2D eigenvalue weighted by Gasteiger charge is -2.51. The number of aromatic nitrogens is 3. The Morgan fingerprint density at radius 3 is 2.57 bits per heavy atom. The SMILES string of the molecule is C=C[C@H]1OC2(CCCC3=Cc4c(cnn4-c4ccncc4)CC32C)O[C@@H]1C=C. The number of pyridine rings is 1. The van der Waals surface area contributed by atoms with Crippen LogP contribution in [-0.4, -0.2) is 32.8 Å². The number of hydrogen-bond donors (Lipinski definition) is 0. The number of rotatable bonds is 3. The highest BCUT2D eigenvalue weighted by Crippen LogP contribution is 2.58. The summed E-state index contributed by atoms with van der Waals surface area (Å²) in [6.45, 7) is 10.1. The van der Waals surface area contributed by atoms with E-state index in [0.717, 1.165) is 37.1 Å². The normalized spacial score (nSPS) is 30.4. The summed E-state index contributed by atoms with van der Waals surface area (Å²) >= 11 is 0. The van der Waals surface area contributed by atoms with Gasteiger partial charge in [-0.05, 0) is 43.0 Å². The maximum atomic E-state index is 6.53. The van der Waals surface area contributed by atoms with Crippen LogP contribution in [0.1, 0.15) is 37.4 Å². The van der Waals surface area contributed by atoms with E-state index in [0.29, 0.717) is 0 Å². The molecule has 2 fully saturated rings. The van der Waals surface area contributed by atoms with Crippen LogP contribution in [-0.2, 0) is 15.9 Å². The average molecular weight is 375 g/mol. The fraction of sp³-hybridized carbons (Fsp3) is 0.391. The molecule has 1 aliphatic heterocycles. The Bertz CT molecular complexity index is 945. The van der Waals surface area contributed by atoms with Crippen LogP contribution in [0.2, 0.25) is 0 Å². The largest absolute Gasteiger partial charge is 0.339 e. The van der Waals surface area contributed by atoms with Crippen LogP contribution < -0.4 is 0 Å². The van der Waals surface area contributed by atoms with E-state index in [1.165, 1.54) is 11.1 Å². The first-order valence-electron chi connectivity index (χ1n) is 9.89. The van der Waals surface area contributed by atoms with E-state index in [1.54, 1.807) is 12.4 Å². The Hall–Kier alpha value is -2.50. The fourth-order valence-corrected chi connectivity index (χ4v) is 5.05. The highest BCUT2D eigenvalue weighted by molar-refractivity contribution is 5.61. The molecule has 1 unspecified atom stereocenters. The van der Waals surface area contributed by atoms with Gasteiger partial charge >= 0.3 is 0 Å². The lowest BCUT2D eigenvalue weighted by atomic mass is 9.62. The minimum Gasteiger partial charge on any atom is -0.339 e. The van der Waals surface area contributed by atoms with Gasteiger partial charge in [0.05, 0.1) is 17.6 Å². The van der Waals surface area contributed by atoms with Crippen molar-refractivity contribution in [2.24, 2.45) is 5.41 Å². The van der Waals surface area contributed by atoms with Crippen molar-refractivity contribution in [2.75, 3.05) is 0 Å². The van der Waals surface area contributed by atoms with Gasteiger partial charge in [-0.2, -0.15) is 5.10 Å². The minimum absolute atomic E-state index is 0.158. The third-order valence-corrected chi connectivity index (χ3v) is 6.59. The molecule has 1 saturated carbocycles. The molecule has 5 rings (SSSR count). The summed E-state index contributed by atoms with van der Waals surface area (Å²) in [5.74, 6) is -0.648. The predicted octanol–water partition coefficient (Wildman–Crippen LogP) is 4.25. The van der Waals surface area contributed by atoms with Crippen molar-refractivity contribution < 1.29 is 9.47 Å². The second-order valence-corrected chi connectivity index (χ2v) is 8.09. The topological polar surface area (TPSA) is 49.2 Å². The molecule has 5 nitrogen and oxygen atoms in total. The third-order valence-electron chi connectivity index (χ3n) is 6.59. The summed E-state index contributed by atoms with van der Waals surface area (Å²) in [5.41, 5.74) is 4.52. The molecule has 2 aliphatic carbocycles. The van der Waals surface area contributed by atoms with E-state index in [9.17, 15) is 0 Å². The van der Waals surface area contributed by atoms with Gasteiger partial charge in [0, 0.05) is 24.2 Å². The van der Waals surface area contributed by atoms with Gasteiger partial charge in [0.2, 0.25) is 0 Å². The first kappa shape index (κ1) is 17.6. The molecule has 144 valence electrons. The molecular formula is C23H25N3O2. The number of hydrogen-bond acceptors (Lipinski definition) is 4. The summed E-state index contributed by atoms with van der Waals surface area (Å²) in [6.07, 6.45) is 15.0. The molecule has 1 spiro atoms. The van der Waals surface area contributed by atoms with Crippen LogP contribution in [0.25, 0.3) is 11.8 Å². The second kappa shape index (κ2) is 6.26. The summed E-state index contributed by atoms with van der Waals surface area (Å²) in [6, 6.07) is 3.96. The van der Waals surface area contributed by atoms with Gasteiger partial charge in [-0.3, -0.25) is 4.98 Å². The monoisotopic (exact) mass is 375 g/mol. The molecule has 0 bridgehead atoms. The third kappa shape index (κ3) is 2.33. The van der Waals surface area contributed by atoms with Gasteiger partial charge < -0.3 is 9.47 Å². The lowest BCUT2D eigenvalue weighted by molar-refractivity contribution is -0.243. The molecule has 1 saturated heterocycles. The number of ether oxygens (including phenoxy) is 2. The van der Waals surface area contributed by atoms with E-state index in [4.69, 9.17) is 9.47 Å². The molecule has 5 heteroatoms. The molecule has 3 heterocycles. The molecule has 3 atom stereocenters. The van der Waals surface area contributed by atoms with Crippen LogP contribution in [0.5, 0.6) is 0 Å². The van der Waals surface area contributed by atoms with Crippen LogP contribution >= 0.6 is 0 Å². The van der Waals surface area contributed by atoms with Gasteiger partial charge in [-0.15, -0.1) is 13.2 Å². The van der Waals surface area contributed by atoms with Crippen molar-refractivity contribution in [3.05, 3.63) is 72.9 Å². The maximum absolute atomic E-state index is 6.53. The van der Waals surface area contributed by atoms with Crippen molar-refractivity contribution in [3.63, 3.8) is 0 Å². The Balaban J connectivity index is 1.58. The molecule has 0 radical (unpaired) electrons. The zero-order valence-corrected chi connectivity index (χ0v) is 16.2. The summed E-state index contributed by atoms with van der Waals surface area (Å²) < 4.78 is 15.1. The van der Waals surface area contributed by atoms with Gasteiger partial charge in [0.25, 0.3) is 0 Å². The Labute approximate surface area is 165 Å². The van der Waals surface area contributed by atoms with Gasteiger partial charge in [0.15, 0.2) is 5.79 Å². The van der Waals surface area contributed by atoms with Crippen molar-refractivity contribution >= 4 is 6.08 Å². The van der Waals surface area contributed by atoms with Crippen LogP contribution in [0, 0.1) is 5.41 Å². The Morgan fingerprint density at radius 1 is 1.18 bits per heavy atom. The first-order chi connectivity index (χ1) is 13.6. The van der Waals surface area contributed by atoms with E-state index in [2.05, 4.69) is 36.2 Å². The highest BCUT2D eigenvalue weighted by Gasteiger charge is 2.61. The van der Waals surface area contributed by atoms with E-state index in [-0.39, 0.29) is 17.6 Å². The van der Waals surface area contributed by atoms with Crippen LogP contribution in [0.4, 0.5) is 0 Å². The zero-order chi connectivity index (χ0) is 19.4. The average Bonchev–Trinajstić information content (AvgIpc) is 3.29. The van der Waals surface area contributed by atoms with Crippen molar-refractivity contribution in [2.45, 2.75) is 50.6 Å². The zero-order valence-electron chi connectivity index (χ0n) is 16.2. The number of nitrogens with zero attached hydrogens (tertiary/aromatic N) is 3. The standard InChI is InChI=1S/C23H25N3O2/c1-4-20-21(5-2)28-23(27-20)10-6-7-17-13-19-16(14-22(17,23)3)15-25-26(19)18-8-11-24-12-9-18/h4-5,8-9,11-13,15,20-21H,1-2,6-7,10,14H2,3H3/t20-,21-,22?/m1/s1. The second-order valence-electron chi connectivity index (χ2n) is 8.09. The molecule has 0 aromatic carbocycles. The quantitative estimate of drug-likeness (QED) is 0.753. The highest BCUT2D eigenvalue weighted by atomic mass is 16.8. The van der Waals surface area contributed by atoms with Gasteiger partial charge in [-0.25, -0.2) is 4.68 Å². The summed E-state index contributed by atoms with van der Waals surface area (Å²) in [4.78, 5) is 4.12. The van der Waals surface area contributed by atoms with E-state index >= 15 is 0 Å². The summed E-state index contributed by atoms with van der Waals surface area (Å²) in [7, 11) is 0. The van der Waals surface area contributed by atoms with Crippen LogP contribution in [0.15, 0.2) is 61.6 Å². The Morgan fingerprint density at radius 2 is 1.89 bits per heavy atom. The summed E-state index contributed by atoms with van der Waals surface area (Å²) in [5, 5.41) is 4.66. The van der Waals surface area contributed by atoms with Crippen molar-refractivity contribution in [1.29, 1.82) is 0 Å². The smallest absolute Gasteiger partial charge is 0.179 e. The molecule has 2 aromatic heterocycles. The molecule has 28 heavy (non-hydrogen) atoms. The molecule has 0 amide bonds. The predicted molar refractivity (Wildman–Crippen MR) is 108 cm³/mol. The maximum Gasteiger partial charge on any atom is 0.179 e. The molecule has 2 aromatic rings. The lowest BCUT2D eigenvalue weighted by Crippen LogP contribution is -2.53. The van der Waals surface area contributed by atoms with Gasteiger partial charge in [-0.1, -0.05) is 24.6 Å². The van der Waals surface area contributed by atoms with Crippen molar-refractivity contribution in [3.8, 4) is 5.69 Å². The Kier molecular flexibility index (Phi) is 3.93. The van der Waals surface area contributed by atoms with E-state index < -0.39 is 5.79 Å². The number of fused-ring (bicyclic) bond motifs is 3. The van der Waals surface area contributed by atoms with E-state index in [1.807, 2.05) is 35.2 Å². The van der Waals surface area contributed by atoms with Crippen LogP contribution in [0.3, 0.4) is 0 Å². The van der Waals surface area contributed by atoms with Gasteiger partial charge in [0.1, 0.15) is 12.2 Å².